The van der Waals surface area contributed by atoms with Crippen LogP contribution < -0.4 is 16.4 Å². The highest BCUT2D eigenvalue weighted by Gasteiger charge is 2.37. The monoisotopic (exact) mass is 268 g/mol. The van der Waals surface area contributed by atoms with E-state index in [1.54, 1.807) is 0 Å². The summed E-state index contributed by atoms with van der Waals surface area (Å²) in [5.74, 6) is -0.177. The molecule has 0 aliphatic carbocycles. The van der Waals surface area contributed by atoms with Crippen molar-refractivity contribution in [2.45, 2.75) is 44.2 Å². The molecule has 0 saturated carbocycles. The topological polar surface area (TPSA) is 87.5 Å². The van der Waals surface area contributed by atoms with Crippen LogP contribution in [0, 0.1) is 0 Å². The van der Waals surface area contributed by atoms with Gasteiger partial charge in [-0.2, -0.15) is 0 Å². The number of nitrogens with two attached hydrogens (primary N) is 1. The minimum Gasteiger partial charge on any atom is -0.369 e. The van der Waals surface area contributed by atoms with E-state index in [-0.39, 0.29) is 17.9 Å². The van der Waals surface area contributed by atoms with Gasteiger partial charge in [-0.15, -0.1) is 0 Å². The fourth-order valence-electron chi connectivity index (χ4n) is 2.89. The van der Waals surface area contributed by atoms with Gasteiger partial charge < -0.3 is 16.4 Å². The zero-order valence-corrected chi connectivity index (χ0v) is 11.6. The fourth-order valence-corrected chi connectivity index (χ4v) is 2.89. The minimum absolute atomic E-state index is 0.110. The van der Waals surface area contributed by atoms with E-state index in [0.29, 0.717) is 6.54 Å². The maximum atomic E-state index is 12.2. The standard InChI is InChI=1S/C13H24N4O2/c1-13(5-2-6-15-13)12(19)16-10-3-7-17(8-4-10)9-11(14)18/h10,15H,2-9H2,1H3,(H2,14,18)(H,16,19). The molecule has 1 unspecified atom stereocenters. The number of hydrogen-bond acceptors (Lipinski definition) is 4. The molecule has 0 aromatic heterocycles. The van der Waals surface area contributed by atoms with E-state index in [1.165, 1.54) is 0 Å². The molecule has 6 nitrogen and oxygen atoms in total. The van der Waals surface area contributed by atoms with E-state index in [1.807, 2.05) is 11.8 Å². The summed E-state index contributed by atoms with van der Waals surface area (Å²) in [5.41, 5.74) is 4.78. The highest BCUT2D eigenvalue weighted by atomic mass is 16.2. The van der Waals surface area contributed by atoms with Gasteiger partial charge in [-0.3, -0.25) is 14.5 Å². The van der Waals surface area contributed by atoms with Crippen molar-refractivity contribution in [2.75, 3.05) is 26.2 Å². The molecule has 2 aliphatic rings. The van der Waals surface area contributed by atoms with Crippen molar-refractivity contribution in [3.8, 4) is 0 Å². The number of nitrogens with one attached hydrogen (secondary N) is 2. The van der Waals surface area contributed by atoms with Crippen LogP contribution in [0.5, 0.6) is 0 Å². The normalized spacial score (nSPS) is 29.3. The Morgan fingerprint density at radius 2 is 2.11 bits per heavy atom. The van der Waals surface area contributed by atoms with Gasteiger partial charge >= 0.3 is 0 Å². The van der Waals surface area contributed by atoms with Gasteiger partial charge in [0.1, 0.15) is 0 Å². The third-order valence-corrected chi connectivity index (χ3v) is 4.17. The quantitative estimate of drug-likeness (QED) is 0.622. The lowest BCUT2D eigenvalue weighted by Crippen LogP contribution is -2.55. The first-order valence-corrected chi connectivity index (χ1v) is 7.06. The van der Waals surface area contributed by atoms with Gasteiger partial charge in [0.15, 0.2) is 0 Å². The molecular formula is C13H24N4O2. The Hall–Kier alpha value is -1.14. The van der Waals surface area contributed by atoms with Crippen LogP contribution >= 0.6 is 0 Å². The first-order chi connectivity index (χ1) is 8.99. The number of rotatable bonds is 4. The second-order valence-electron chi connectivity index (χ2n) is 5.85. The predicted octanol–water partition coefficient (Wildman–Crippen LogP) is -0.806. The van der Waals surface area contributed by atoms with E-state index in [2.05, 4.69) is 10.6 Å². The van der Waals surface area contributed by atoms with Crippen LogP contribution in [0.4, 0.5) is 0 Å². The van der Waals surface area contributed by atoms with Crippen LogP contribution in [0.15, 0.2) is 0 Å². The van der Waals surface area contributed by atoms with Gasteiger partial charge in [0.25, 0.3) is 0 Å². The van der Waals surface area contributed by atoms with Gasteiger partial charge in [-0.05, 0) is 39.2 Å². The third kappa shape index (κ3) is 3.67. The van der Waals surface area contributed by atoms with Crippen LogP contribution in [-0.4, -0.2) is 54.5 Å². The van der Waals surface area contributed by atoms with E-state index in [4.69, 9.17) is 5.73 Å². The minimum atomic E-state index is -0.398. The van der Waals surface area contributed by atoms with Gasteiger partial charge in [0, 0.05) is 19.1 Å². The number of hydrogen-bond donors (Lipinski definition) is 3. The molecule has 2 heterocycles. The molecule has 0 aromatic rings. The molecule has 108 valence electrons. The summed E-state index contributed by atoms with van der Waals surface area (Å²) in [4.78, 5) is 25.1. The number of carbonyl (C=O) groups excluding carboxylic acids is 2. The van der Waals surface area contributed by atoms with Crippen molar-refractivity contribution >= 4 is 11.8 Å². The summed E-state index contributed by atoms with van der Waals surface area (Å²) >= 11 is 0. The number of likely N-dealkylation sites (tertiary alicyclic amines) is 1. The molecular weight excluding hydrogens is 244 g/mol. The summed E-state index contributed by atoms with van der Waals surface area (Å²) in [6.45, 7) is 4.84. The second kappa shape index (κ2) is 5.88. The van der Waals surface area contributed by atoms with Gasteiger partial charge in [-0.25, -0.2) is 0 Å². The molecule has 0 spiro atoms. The molecule has 0 aromatic carbocycles. The van der Waals surface area contributed by atoms with E-state index >= 15 is 0 Å². The molecule has 0 bridgehead atoms. The molecule has 2 aliphatic heterocycles. The summed E-state index contributed by atoms with van der Waals surface area (Å²) in [6, 6.07) is 0.218. The molecule has 6 heteroatoms. The maximum absolute atomic E-state index is 12.2. The first-order valence-electron chi connectivity index (χ1n) is 7.06. The van der Waals surface area contributed by atoms with Crippen LogP contribution in [0.1, 0.15) is 32.6 Å². The first kappa shape index (κ1) is 14.3. The van der Waals surface area contributed by atoms with Crippen LogP contribution in [-0.2, 0) is 9.59 Å². The lowest BCUT2D eigenvalue weighted by atomic mass is 9.97. The number of carbonyl (C=O) groups is 2. The molecule has 2 fully saturated rings. The Morgan fingerprint density at radius 1 is 1.42 bits per heavy atom. The number of piperidine rings is 1. The predicted molar refractivity (Wildman–Crippen MR) is 72.4 cm³/mol. The zero-order valence-electron chi connectivity index (χ0n) is 11.6. The van der Waals surface area contributed by atoms with Crippen LogP contribution in [0.25, 0.3) is 0 Å². The molecule has 2 amide bonds. The zero-order chi connectivity index (χ0) is 13.9. The van der Waals surface area contributed by atoms with Crippen LogP contribution in [0.3, 0.4) is 0 Å². The number of primary amides is 1. The van der Waals surface area contributed by atoms with Crippen molar-refractivity contribution in [1.29, 1.82) is 0 Å². The van der Waals surface area contributed by atoms with Gasteiger partial charge in [0.2, 0.25) is 11.8 Å². The highest BCUT2D eigenvalue weighted by Crippen LogP contribution is 2.19. The SMILES string of the molecule is CC1(C(=O)NC2CCN(CC(N)=O)CC2)CCCN1. The maximum Gasteiger partial charge on any atom is 0.240 e. The number of nitrogens with zero attached hydrogens (tertiary/aromatic N) is 1. The van der Waals surface area contributed by atoms with Gasteiger partial charge in [-0.1, -0.05) is 0 Å². The Kier molecular flexibility index (Phi) is 4.42. The summed E-state index contributed by atoms with van der Waals surface area (Å²) in [5, 5.41) is 6.40. The van der Waals surface area contributed by atoms with E-state index in [9.17, 15) is 9.59 Å². The second-order valence-corrected chi connectivity index (χ2v) is 5.85. The fraction of sp³-hybridized carbons (Fsp3) is 0.846. The van der Waals surface area contributed by atoms with Crippen molar-refractivity contribution < 1.29 is 9.59 Å². The van der Waals surface area contributed by atoms with Crippen molar-refractivity contribution in [3.05, 3.63) is 0 Å². The van der Waals surface area contributed by atoms with E-state index in [0.717, 1.165) is 45.3 Å². The Bertz CT molecular complexity index is 345. The average molecular weight is 268 g/mol. The molecule has 2 rings (SSSR count). The summed E-state index contributed by atoms with van der Waals surface area (Å²) in [6.07, 6.45) is 3.73. The lowest BCUT2D eigenvalue weighted by Gasteiger charge is -2.33. The van der Waals surface area contributed by atoms with Gasteiger partial charge in [0.05, 0.1) is 12.1 Å². The Balaban J connectivity index is 1.76. The van der Waals surface area contributed by atoms with Crippen molar-refractivity contribution in [2.24, 2.45) is 5.73 Å². The van der Waals surface area contributed by atoms with Crippen LogP contribution in [0.2, 0.25) is 0 Å². The summed E-state index contributed by atoms with van der Waals surface area (Å²) in [7, 11) is 0. The Morgan fingerprint density at radius 3 is 2.63 bits per heavy atom. The smallest absolute Gasteiger partial charge is 0.240 e. The Labute approximate surface area is 114 Å². The molecule has 19 heavy (non-hydrogen) atoms. The lowest BCUT2D eigenvalue weighted by molar-refractivity contribution is -0.128. The third-order valence-electron chi connectivity index (χ3n) is 4.17. The average Bonchev–Trinajstić information content (AvgIpc) is 2.79. The van der Waals surface area contributed by atoms with E-state index < -0.39 is 5.54 Å². The van der Waals surface area contributed by atoms with Crippen molar-refractivity contribution in [1.82, 2.24) is 15.5 Å². The molecule has 4 N–H and O–H groups in total. The largest absolute Gasteiger partial charge is 0.369 e. The molecule has 2 saturated heterocycles. The number of amides is 2. The highest BCUT2D eigenvalue weighted by molar-refractivity contribution is 5.86. The molecule has 1 atom stereocenters. The molecule has 0 radical (unpaired) electrons. The van der Waals surface area contributed by atoms with Crippen molar-refractivity contribution in [3.63, 3.8) is 0 Å². The summed E-state index contributed by atoms with van der Waals surface area (Å²) < 4.78 is 0.